The van der Waals surface area contributed by atoms with Crippen molar-refractivity contribution < 1.29 is 0 Å². The number of fused-ring (bicyclic) bond motifs is 26. The van der Waals surface area contributed by atoms with Gasteiger partial charge in [-0.05, 0) is 188 Å². The third-order valence-electron chi connectivity index (χ3n) is 25.7. The van der Waals surface area contributed by atoms with Gasteiger partial charge in [-0.3, -0.25) is 49.8 Å². The van der Waals surface area contributed by atoms with Crippen molar-refractivity contribution in [3.8, 4) is 66.9 Å². The van der Waals surface area contributed by atoms with Gasteiger partial charge in [-0.15, -0.1) is 0 Å². The van der Waals surface area contributed by atoms with Crippen LogP contribution in [-0.2, 0) is 0 Å². The number of hydrogen-bond acceptors (Lipinski definition) is 14. The van der Waals surface area contributed by atoms with Gasteiger partial charge in [0.05, 0.1) is 99.5 Å². The molecule has 0 spiro atoms. The summed E-state index contributed by atoms with van der Waals surface area (Å²) in [7, 11) is 0. The van der Waals surface area contributed by atoms with Gasteiger partial charge in [0, 0.05) is 176 Å². The Hall–Kier alpha value is -17.9. The maximum absolute atomic E-state index is 5.20. The number of nitrogens with zero attached hydrogens (tertiary/aromatic N) is 14. The minimum absolute atomic E-state index is 0.894. The lowest BCUT2D eigenvalue weighted by Crippen LogP contribution is -1.95. The second kappa shape index (κ2) is 29.9. The predicted molar refractivity (Wildman–Crippen MR) is 534 cm³/mol. The molecular weight excluding hydrogens is 1590 g/mol. The van der Waals surface area contributed by atoms with Crippen molar-refractivity contribution in [3.05, 3.63) is 402 Å². The molecule has 14 heterocycles. The van der Waals surface area contributed by atoms with Gasteiger partial charge in [0.1, 0.15) is 0 Å². The Morgan fingerprint density at radius 1 is 0.131 bits per heavy atom. The molecule has 0 aliphatic rings. The van der Waals surface area contributed by atoms with Crippen LogP contribution in [0.4, 0.5) is 0 Å². The molecule has 0 radical (unpaired) electrons. The standard InChI is InChI=1S/C42H24N4.2C37H21N5/c1-2-10-37-34(8-1)38(35-18-13-25-6-3-19-43-39(25)42(35)46-37)29-15-17-32-27(23-29)12-11-26-22-28(14-16-31(26)32)36-24-30-7-4-20-44-40(30)41-33(36)9-5-21-45-41;1-2-12-31-27(9-1)32(29-14-13-22-7-3-17-38-33(22)37(29)42-31)28-16-15-24(25-10-5-19-40-35(25)28)30-21-23-8-4-18-39-34(23)36-26(30)11-6-20-41-36;1-2-10-31-27(8-1)33(28-14-11-22-6-3-17-38-34(22)37(28)42-31)32-16-13-24-20-23(12-15-30(24)41-32)29-21-25-7-4-18-39-35(25)36-26(29)9-5-19-40-36/h1-24H;2*1-21H. The fraction of sp³-hybridized carbons (Fsp3) is 0. The van der Waals surface area contributed by atoms with E-state index in [4.69, 9.17) is 44.9 Å². The molecule has 14 aromatic carbocycles. The van der Waals surface area contributed by atoms with Crippen molar-refractivity contribution in [2.75, 3.05) is 0 Å². The van der Waals surface area contributed by atoms with E-state index < -0.39 is 0 Å². The Balaban J connectivity index is 0.000000103. The van der Waals surface area contributed by atoms with Gasteiger partial charge in [0.15, 0.2) is 0 Å². The summed E-state index contributed by atoms with van der Waals surface area (Å²) in [5.74, 6) is 0. The molecule has 0 aliphatic heterocycles. The van der Waals surface area contributed by atoms with E-state index in [-0.39, 0.29) is 0 Å². The zero-order chi connectivity index (χ0) is 85.4. The maximum atomic E-state index is 5.20. The number of pyridine rings is 14. The summed E-state index contributed by atoms with van der Waals surface area (Å²) >= 11 is 0. The van der Waals surface area contributed by atoms with E-state index in [1.165, 1.54) is 43.8 Å². The lowest BCUT2D eigenvalue weighted by Gasteiger charge is -2.17. The fourth-order valence-electron chi connectivity index (χ4n) is 19.8. The van der Waals surface area contributed by atoms with E-state index in [1.807, 2.05) is 135 Å². The second-order valence-corrected chi connectivity index (χ2v) is 32.9. The molecule has 0 amide bonds. The van der Waals surface area contributed by atoms with Crippen LogP contribution in [0.15, 0.2) is 402 Å². The SMILES string of the molecule is c1cnc2c(c1)cc(-c1ccc(-c3c4ccccc4nc4c3ccc3cccnc34)c3ncccc13)c1cccnc12.c1cnc2c(c1)cc(-c1ccc3c(ccc4cc(-c5c6ccccc6nc6c5ccc5cccnc56)ccc43)c1)c1cccnc12.c1cnc2c(c1)cc(-c1ccc3nc(-c4c5ccccc5nc5c4ccc4cccnc45)ccc3c1)c1cccnc12. The van der Waals surface area contributed by atoms with Crippen LogP contribution >= 0.6 is 0 Å². The minimum Gasteiger partial charge on any atom is -0.256 e. The van der Waals surface area contributed by atoms with Crippen LogP contribution in [0.3, 0.4) is 0 Å². The summed E-state index contributed by atoms with van der Waals surface area (Å²) in [4.78, 5) is 67.6. The van der Waals surface area contributed by atoms with E-state index in [0.717, 1.165) is 230 Å². The molecule has 0 saturated heterocycles. The lowest BCUT2D eigenvalue weighted by atomic mass is 9.89. The molecule has 14 heteroatoms. The highest BCUT2D eigenvalue weighted by Gasteiger charge is 2.24. The van der Waals surface area contributed by atoms with Crippen molar-refractivity contribution >= 4 is 207 Å². The summed E-state index contributed by atoms with van der Waals surface area (Å²) in [6, 6.07) is 119. The van der Waals surface area contributed by atoms with E-state index in [1.54, 1.807) is 0 Å². The largest absolute Gasteiger partial charge is 0.256 e. The van der Waals surface area contributed by atoms with Gasteiger partial charge in [-0.2, -0.15) is 0 Å². The molecule has 0 saturated carbocycles. The van der Waals surface area contributed by atoms with Crippen LogP contribution in [0, 0.1) is 0 Å². The lowest BCUT2D eigenvalue weighted by molar-refractivity contribution is 1.37. The first-order valence-electron chi connectivity index (χ1n) is 43.3. The van der Waals surface area contributed by atoms with Gasteiger partial charge in [-0.25, -0.2) is 19.9 Å². The molecule has 14 nitrogen and oxygen atoms in total. The van der Waals surface area contributed by atoms with Crippen LogP contribution < -0.4 is 0 Å². The van der Waals surface area contributed by atoms with E-state index in [2.05, 4.69) is 292 Å². The zero-order valence-corrected chi connectivity index (χ0v) is 69.4. The Kier molecular flexibility index (Phi) is 17.0. The van der Waals surface area contributed by atoms with E-state index in [9.17, 15) is 0 Å². The maximum Gasteiger partial charge on any atom is 0.0979 e. The molecule has 28 rings (SSSR count). The molecule has 130 heavy (non-hydrogen) atoms. The van der Waals surface area contributed by atoms with Crippen molar-refractivity contribution in [2.24, 2.45) is 0 Å². The fourth-order valence-corrected chi connectivity index (χ4v) is 19.8. The Bertz CT molecular complexity index is 9710. The Morgan fingerprint density at radius 3 is 0.931 bits per heavy atom. The quantitative estimate of drug-likeness (QED) is 0.113. The number of hydrogen-bond donors (Lipinski definition) is 0. The number of benzene rings is 14. The van der Waals surface area contributed by atoms with Crippen LogP contribution in [0.25, 0.3) is 274 Å². The van der Waals surface area contributed by atoms with Crippen molar-refractivity contribution in [1.82, 2.24) is 69.8 Å². The highest BCUT2D eigenvalue weighted by molar-refractivity contribution is 6.24. The molecule has 14 aromatic heterocycles. The molecule has 600 valence electrons. The third kappa shape index (κ3) is 12.0. The summed E-state index contributed by atoms with van der Waals surface area (Å²) < 4.78 is 0. The zero-order valence-electron chi connectivity index (χ0n) is 69.4. The number of aromatic nitrogens is 14. The average Bonchev–Trinajstić information content (AvgIpc) is 0.733. The first kappa shape index (κ1) is 73.6. The number of rotatable bonds is 6. The Labute approximate surface area is 740 Å². The molecule has 0 aliphatic carbocycles. The normalized spacial score (nSPS) is 11.8. The molecule has 28 aromatic rings. The second-order valence-electron chi connectivity index (χ2n) is 32.9. The summed E-state index contributed by atoms with van der Waals surface area (Å²) in [5.41, 5.74) is 29.1. The van der Waals surface area contributed by atoms with Crippen molar-refractivity contribution in [2.45, 2.75) is 0 Å². The van der Waals surface area contributed by atoms with Gasteiger partial charge in [0.25, 0.3) is 0 Å². The summed E-state index contributed by atoms with van der Waals surface area (Å²) in [5, 5.41) is 23.3. The predicted octanol–water partition coefficient (Wildman–Crippen LogP) is 28.5. The third-order valence-corrected chi connectivity index (χ3v) is 25.7. The average molecular weight is 1660 g/mol. The van der Waals surface area contributed by atoms with Crippen LogP contribution in [0.2, 0.25) is 0 Å². The summed E-state index contributed by atoms with van der Waals surface area (Å²) in [6.45, 7) is 0. The van der Waals surface area contributed by atoms with Crippen LogP contribution in [0.1, 0.15) is 0 Å². The first-order valence-corrected chi connectivity index (χ1v) is 43.3. The van der Waals surface area contributed by atoms with Gasteiger partial charge in [0.2, 0.25) is 0 Å². The molecular formula is C116H66N14. The Morgan fingerprint density at radius 2 is 0.446 bits per heavy atom. The van der Waals surface area contributed by atoms with Gasteiger partial charge in [-0.1, -0.05) is 212 Å². The van der Waals surface area contributed by atoms with E-state index >= 15 is 0 Å². The summed E-state index contributed by atoms with van der Waals surface area (Å²) in [6.07, 6.45) is 18.4. The highest BCUT2D eigenvalue weighted by atomic mass is 14.8. The molecule has 0 bridgehead atoms. The van der Waals surface area contributed by atoms with Crippen molar-refractivity contribution in [1.29, 1.82) is 0 Å². The van der Waals surface area contributed by atoms with Gasteiger partial charge < -0.3 is 0 Å². The minimum atomic E-state index is 0.894. The molecule has 0 atom stereocenters. The smallest absolute Gasteiger partial charge is 0.0979 e. The highest BCUT2D eigenvalue weighted by Crippen LogP contribution is 2.47. The topological polar surface area (TPSA) is 180 Å². The van der Waals surface area contributed by atoms with Crippen LogP contribution in [-0.4, -0.2) is 69.8 Å². The first-order chi connectivity index (χ1) is 64.5. The molecule has 0 N–H and O–H groups in total. The monoisotopic (exact) mass is 1650 g/mol. The number of para-hydroxylation sites is 3. The van der Waals surface area contributed by atoms with Crippen molar-refractivity contribution in [3.63, 3.8) is 0 Å². The van der Waals surface area contributed by atoms with E-state index in [0.29, 0.717) is 0 Å². The molecule has 0 unspecified atom stereocenters. The van der Waals surface area contributed by atoms with Crippen LogP contribution in [0.5, 0.6) is 0 Å². The van der Waals surface area contributed by atoms with Gasteiger partial charge >= 0.3 is 0 Å². The molecule has 0 fully saturated rings.